The number of pyridine rings is 1. The van der Waals surface area contributed by atoms with E-state index in [1.807, 2.05) is 47.4 Å². The lowest BCUT2D eigenvalue weighted by Gasteiger charge is -2.35. The number of hydrogen-bond donors (Lipinski definition) is 1. The monoisotopic (exact) mass is 480 g/mol. The summed E-state index contributed by atoms with van der Waals surface area (Å²) in [4.78, 5) is 33.5. The van der Waals surface area contributed by atoms with E-state index in [4.69, 9.17) is 11.6 Å². The summed E-state index contributed by atoms with van der Waals surface area (Å²) >= 11 is 7.39. The van der Waals surface area contributed by atoms with Crippen molar-refractivity contribution in [3.05, 3.63) is 89.1 Å². The summed E-state index contributed by atoms with van der Waals surface area (Å²) in [5, 5.41) is 3.49. The van der Waals surface area contributed by atoms with Gasteiger partial charge in [0.05, 0.1) is 5.75 Å². The van der Waals surface area contributed by atoms with Crippen LogP contribution in [0.25, 0.3) is 0 Å². The Kier molecular flexibility index (Phi) is 7.86. The lowest BCUT2D eigenvalue weighted by atomic mass is 10.1. The largest absolute Gasteiger partial charge is 0.353 e. The standard InChI is InChI=1S/C25H25ClN4O2S/c26-21-8-10-22(11-9-21)28-24(31)18-33-17-19-4-6-20(7-5-19)25(32)30-15-13-29(14-16-30)23-3-1-2-12-27-23/h1-12H,13-18H2,(H,28,31). The number of anilines is 2. The van der Waals surface area contributed by atoms with Crippen LogP contribution < -0.4 is 10.2 Å². The summed E-state index contributed by atoms with van der Waals surface area (Å²) in [7, 11) is 0. The number of amides is 2. The van der Waals surface area contributed by atoms with Crippen molar-refractivity contribution < 1.29 is 9.59 Å². The van der Waals surface area contributed by atoms with E-state index < -0.39 is 0 Å². The minimum Gasteiger partial charge on any atom is -0.353 e. The van der Waals surface area contributed by atoms with Crippen LogP contribution in [0.3, 0.4) is 0 Å². The molecule has 1 aliphatic rings. The van der Waals surface area contributed by atoms with Gasteiger partial charge in [0.1, 0.15) is 5.82 Å². The van der Waals surface area contributed by atoms with Gasteiger partial charge >= 0.3 is 0 Å². The first-order chi connectivity index (χ1) is 16.1. The molecule has 1 N–H and O–H groups in total. The van der Waals surface area contributed by atoms with E-state index in [0.717, 1.165) is 30.2 Å². The van der Waals surface area contributed by atoms with Crippen LogP contribution in [0.4, 0.5) is 11.5 Å². The Morgan fingerprint density at radius 2 is 1.67 bits per heavy atom. The molecule has 0 saturated carbocycles. The number of piperazine rings is 1. The normalized spacial score (nSPS) is 13.6. The lowest BCUT2D eigenvalue weighted by molar-refractivity contribution is -0.113. The number of nitrogens with one attached hydrogen (secondary N) is 1. The molecule has 8 heteroatoms. The minimum absolute atomic E-state index is 0.0530. The molecule has 3 aromatic rings. The second-order valence-electron chi connectivity index (χ2n) is 7.71. The Balaban J connectivity index is 1.21. The molecule has 6 nitrogen and oxygen atoms in total. The number of halogens is 1. The molecule has 0 unspecified atom stereocenters. The van der Waals surface area contributed by atoms with Crippen molar-refractivity contribution in [1.82, 2.24) is 9.88 Å². The molecule has 0 radical (unpaired) electrons. The molecule has 4 rings (SSSR count). The number of carbonyl (C=O) groups is 2. The van der Waals surface area contributed by atoms with Crippen molar-refractivity contribution in [1.29, 1.82) is 0 Å². The highest BCUT2D eigenvalue weighted by Gasteiger charge is 2.22. The van der Waals surface area contributed by atoms with Gasteiger partial charge in [0.25, 0.3) is 5.91 Å². The summed E-state index contributed by atoms with van der Waals surface area (Å²) in [5.74, 6) is 2.00. The number of carbonyl (C=O) groups excluding carboxylic acids is 2. The molecule has 1 aliphatic heterocycles. The Morgan fingerprint density at radius 1 is 0.939 bits per heavy atom. The van der Waals surface area contributed by atoms with Gasteiger partial charge in [-0.25, -0.2) is 4.98 Å². The molecule has 0 atom stereocenters. The highest BCUT2D eigenvalue weighted by atomic mass is 35.5. The molecule has 0 aliphatic carbocycles. The fourth-order valence-corrected chi connectivity index (χ4v) is 4.51. The fourth-order valence-electron chi connectivity index (χ4n) is 3.60. The first-order valence-corrected chi connectivity index (χ1v) is 12.3. The van der Waals surface area contributed by atoms with Crippen molar-refractivity contribution in [2.24, 2.45) is 0 Å². The highest BCUT2D eigenvalue weighted by molar-refractivity contribution is 7.99. The van der Waals surface area contributed by atoms with Gasteiger partial charge in [0.2, 0.25) is 5.91 Å². The molecule has 2 heterocycles. The Hall–Kier alpha value is -3.03. The van der Waals surface area contributed by atoms with Gasteiger partial charge < -0.3 is 15.1 Å². The predicted molar refractivity (Wildman–Crippen MR) is 135 cm³/mol. The molecule has 1 saturated heterocycles. The van der Waals surface area contributed by atoms with Crippen LogP contribution >= 0.6 is 23.4 Å². The zero-order valence-corrected chi connectivity index (χ0v) is 19.7. The van der Waals surface area contributed by atoms with Gasteiger partial charge in [-0.05, 0) is 54.1 Å². The van der Waals surface area contributed by atoms with Gasteiger partial charge in [-0.15, -0.1) is 11.8 Å². The maximum absolute atomic E-state index is 12.9. The maximum Gasteiger partial charge on any atom is 0.253 e. The second-order valence-corrected chi connectivity index (χ2v) is 9.13. The van der Waals surface area contributed by atoms with Crippen LogP contribution in [-0.2, 0) is 10.5 Å². The predicted octanol–water partition coefficient (Wildman–Crippen LogP) is 4.57. The van der Waals surface area contributed by atoms with Crippen molar-refractivity contribution in [2.45, 2.75) is 5.75 Å². The van der Waals surface area contributed by atoms with Crippen LogP contribution in [0.2, 0.25) is 5.02 Å². The first-order valence-electron chi connectivity index (χ1n) is 10.8. The number of nitrogens with zero attached hydrogens (tertiary/aromatic N) is 3. The Bertz CT molecular complexity index is 1070. The Labute approximate surface area is 202 Å². The second kappa shape index (κ2) is 11.2. The molecule has 2 aromatic carbocycles. The molecular weight excluding hydrogens is 456 g/mol. The van der Waals surface area contributed by atoms with Crippen LogP contribution in [0, 0.1) is 0 Å². The van der Waals surface area contributed by atoms with E-state index in [2.05, 4.69) is 15.2 Å². The molecule has 2 amide bonds. The van der Waals surface area contributed by atoms with Crippen LogP contribution in [0.1, 0.15) is 15.9 Å². The number of aromatic nitrogens is 1. The summed E-state index contributed by atoms with van der Waals surface area (Å²) in [6, 6.07) is 20.6. The summed E-state index contributed by atoms with van der Waals surface area (Å²) in [6.07, 6.45) is 1.79. The lowest BCUT2D eigenvalue weighted by Crippen LogP contribution is -2.49. The molecule has 0 spiro atoms. The van der Waals surface area contributed by atoms with E-state index in [1.54, 1.807) is 30.5 Å². The van der Waals surface area contributed by atoms with Gasteiger partial charge in [0, 0.05) is 54.4 Å². The molecule has 0 bridgehead atoms. The van der Waals surface area contributed by atoms with Gasteiger partial charge in [-0.2, -0.15) is 0 Å². The van der Waals surface area contributed by atoms with Gasteiger partial charge in [-0.1, -0.05) is 29.8 Å². The van der Waals surface area contributed by atoms with E-state index in [1.165, 1.54) is 11.8 Å². The van der Waals surface area contributed by atoms with E-state index in [-0.39, 0.29) is 11.8 Å². The number of thioether (sulfide) groups is 1. The van der Waals surface area contributed by atoms with Crippen molar-refractivity contribution >= 4 is 46.7 Å². The quantitative estimate of drug-likeness (QED) is 0.536. The smallest absolute Gasteiger partial charge is 0.253 e. The Morgan fingerprint density at radius 3 is 2.33 bits per heavy atom. The topological polar surface area (TPSA) is 65.5 Å². The average Bonchev–Trinajstić information content (AvgIpc) is 2.86. The summed E-state index contributed by atoms with van der Waals surface area (Å²) in [6.45, 7) is 2.90. The summed E-state index contributed by atoms with van der Waals surface area (Å²) in [5.41, 5.74) is 2.50. The van der Waals surface area contributed by atoms with Crippen molar-refractivity contribution in [3.63, 3.8) is 0 Å². The van der Waals surface area contributed by atoms with Crippen LogP contribution in [0.5, 0.6) is 0 Å². The number of benzene rings is 2. The average molecular weight is 481 g/mol. The van der Waals surface area contributed by atoms with Crippen molar-refractivity contribution in [2.75, 3.05) is 42.1 Å². The van der Waals surface area contributed by atoms with E-state index >= 15 is 0 Å². The third-order valence-electron chi connectivity index (χ3n) is 5.37. The molecule has 33 heavy (non-hydrogen) atoms. The van der Waals surface area contributed by atoms with Gasteiger partial charge in [0.15, 0.2) is 0 Å². The first kappa shape index (κ1) is 23.1. The van der Waals surface area contributed by atoms with Crippen LogP contribution in [0.15, 0.2) is 72.9 Å². The maximum atomic E-state index is 12.9. The van der Waals surface area contributed by atoms with Gasteiger partial charge in [-0.3, -0.25) is 9.59 Å². The number of rotatable bonds is 7. The third kappa shape index (κ3) is 6.49. The molecule has 1 aromatic heterocycles. The third-order valence-corrected chi connectivity index (χ3v) is 6.63. The summed E-state index contributed by atoms with van der Waals surface area (Å²) < 4.78 is 0. The molecule has 170 valence electrons. The minimum atomic E-state index is -0.0565. The van der Waals surface area contributed by atoms with Crippen molar-refractivity contribution in [3.8, 4) is 0 Å². The highest BCUT2D eigenvalue weighted by Crippen LogP contribution is 2.18. The zero-order chi connectivity index (χ0) is 23.0. The zero-order valence-electron chi connectivity index (χ0n) is 18.1. The van der Waals surface area contributed by atoms with E-state index in [0.29, 0.717) is 35.2 Å². The van der Waals surface area contributed by atoms with Crippen LogP contribution in [-0.4, -0.2) is 53.6 Å². The molecule has 1 fully saturated rings. The fraction of sp³-hybridized carbons (Fsp3) is 0.240. The molecular formula is C25H25ClN4O2S. The number of hydrogen-bond acceptors (Lipinski definition) is 5. The van der Waals surface area contributed by atoms with E-state index in [9.17, 15) is 9.59 Å². The SMILES string of the molecule is O=C(CSCc1ccc(C(=O)N2CCN(c3ccccn3)CC2)cc1)Nc1ccc(Cl)cc1.